The number of primary amides is 1. The lowest BCUT2D eigenvalue weighted by Crippen LogP contribution is -2.44. The number of hydrogen-bond donors (Lipinski definition) is 1. The molecule has 0 radical (unpaired) electrons. The third-order valence-electron chi connectivity index (χ3n) is 4.02. The van der Waals surface area contributed by atoms with Gasteiger partial charge < -0.3 is 10.6 Å². The summed E-state index contributed by atoms with van der Waals surface area (Å²) < 4.78 is 1.67. The number of piperidine rings is 1. The van der Waals surface area contributed by atoms with Gasteiger partial charge in [0.15, 0.2) is 0 Å². The number of likely N-dealkylation sites (tertiary alicyclic amines) is 1. The van der Waals surface area contributed by atoms with E-state index in [0.29, 0.717) is 6.54 Å². The molecule has 2 aliphatic rings. The van der Waals surface area contributed by atoms with Gasteiger partial charge >= 0.3 is 0 Å². The lowest BCUT2D eigenvalue weighted by molar-refractivity contribution is -0.132. The van der Waals surface area contributed by atoms with Gasteiger partial charge in [-0.2, -0.15) is 0 Å². The van der Waals surface area contributed by atoms with E-state index in [1.165, 1.54) is 6.33 Å². The highest BCUT2D eigenvalue weighted by atomic mass is 32.2. The number of nitrogens with two attached hydrogens (primary N) is 1. The predicted molar refractivity (Wildman–Crippen MR) is 78.9 cm³/mol. The third kappa shape index (κ3) is 3.04. The van der Waals surface area contributed by atoms with Crippen LogP contribution in [0.15, 0.2) is 6.33 Å². The van der Waals surface area contributed by atoms with Gasteiger partial charge in [-0.3, -0.25) is 9.59 Å². The first-order valence-electron chi connectivity index (χ1n) is 7.26. The summed E-state index contributed by atoms with van der Waals surface area (Å²) in [5.41, 5.74) is 5.17. The van der Waals surface area contributed by atoms with Crippen LogP contribution in [0.4, 0.5) is 0 Å². The molecule has 2 fully saturated rings. The Morgan fingerprint density at radius 1 is 1.33 bits per heavy atom. The quantitative estimate of drug-likeness (QED) is 0.874. The Morgan fingerprint density at radius 2 is 2.19 bits per heavy atom. The van der Waals surface area contributed by atoms with Gasteiger partial charge in [-0.1, -0.05) is 0 Å². The lowest BCUT2D eigenvalue weighted by atomic mass is 10.1. The van der Waals surface area contributed by atoms with Crippen LogP contribution < -0.4 is 5.73 Å². The van der Waals surface area contributed by atoms with Gasteiger partial charge in [0.1, 0.15) is 6.33 Å². The first-order valence-corrected chi connectivity index (χ1v) is 8.31. The van der Waals surface area contributed by atoms with Crippen molar-refractivity contribution in [2.75, 3.05) is 18.8 Å². The Bertz CT molecular complexity index is 540. The topological polar surface area (TPSA) is 94.1 Å². The molecule has 0 bridgehead atoms. The molecule has 8 heteroatoms. The fourth-order valence-electron chi connectivity index (χ4n) is 2.91. The molecule has 2 unspecified atom stereocenters. The number of hydrogen-bond acceptors (Lipinski definition) is 5. The monoisotopic (exact) mass is 309 g/mol. The molecular weight excluding hydrogens is 290 g/mol. The average molecular weight is 309 g/mol. The zero-order chi connectivity index (χ0) is 14.8. The molecule has 1 aromatic heterocycles. The third-order valence-corrected chi connectivity index (χ3v) is 5.38. The molecule has 21 heavy (non-hydrogen) atoms. The Morgan fingerprint density at radius 3 is 2.86 bits per heavy atom. The molecule has 1 aromatic rings. The number of aromatic nitrogens is 3. The van der Waals surface area contributed by atoms with Crippen molar-refractivity contribution in [2.45, 2.75) is 37.0 Å². The SMILES string of the molecule is NC(=O)c1ncn(C2CCCN(C(=O)C3CCCS3)C2)n1. The highest BCUT2D eigenvalue weighted by Crippen LogP contribution is 2.30. The summed E-state index contributed by atoms with van der Waals surface area (Å²) in [6.45, 7) is 1.45. The van der Waals surface area contributed by atoms with Crippen molar-refractivity contribution in [3.05, 3.63) is 12.2 Å². The second-order valence-corrected chi connectivity index (χ2v) is 6.81. The van der Waals surface area contributed by atoms with E-state index in [-0.39, 0.29) is 23.0 Å². The molecule has 0 aromatic carbocycles. The van der Waals surface area contributed by atoms with E-state index >= 15 is 0 Å². The van der Waals surface area contributed by atoms with Crippen LogP contribution in [0.2, 0.25) is 0 Å². The fourth-order valence-corrected chi connectivity index (χ4v) is 4.15. The second-order valence-electron chi connectivity index (χ2n) is 5.49. The van der Waals surface area contributed by atoms with Gasteiger partial charge in [0.25, 0.3) is 5.91 Å². The van der Waals surface area contributed by atoms with Crippen molar-refractivity contribution in [1.82, 2.24) is 19.7 Å². The standard InChI is InChI=1S/C13H19N5O2S/c14-11(19)12-15-8-18(16-12)9-3-1-5-17(7-9)13(20)10-4-2-6-21-10/h8-10H,1-7H2,(H2,14,19). The summed E-state index contributed by atoms with van der Waals surface area (Å²) in [6, 6.07) is 0.0784. The molecule has 0 spiro atoms. The van der Waals surface area contributed by atoms with Crippen LogP contribution >= 0.6 is 11.8 Å². The normalized spacial score (nSPS) is 26.0. The van der Waals surface area contributed by atoms with Gasteiger partial charge in [-0.15, -0.1) is 16.9 Å². The van der Waals surface area contributed by atoms with Crippen molar-refractivity contribution >= 4 is 23.6 Å². The van der Waals surface area contributed by atoms with Gasteiger partial charge in [-0.25, -0.2) is 9.67 Å². The maximum Gasteiger partial charge on any atom is 0.288 e. The maximum absolute atomic E-state index is 12.5. The Balaban J connectivity index is 1.67. The second kappa shape index (κ2) is 6.05. The Labute approximate surface area is 127 Å². The summed E-state index contributed by atoms with van der Waals surface area (Å²) in [5, 5.41) is 4.24. The summed E-state index contributed by atoms with van der Waals surface area (Å²) in [6.07, 6.45) is 5.52. The minimum atomic E-state index is -0.625. The summed E-state index contributed by atoms with van der Waals surface area (Å²) in [7, 11) is 0. The minimum Gasteiger partial charge on any atom is -0.363 e. The van der Waals surface area contributed by atoms with E-state index in [4.69, 9.17) is 5.73 Å². The van der Waals surface area contributed by atoms with Crippen molar-refractivity contribution in [3.8, 4) is 0 Å². The van der Waals surface area contributed by atoms with E-state index in [0.717, 1.165) is 38.0 Å². The highest BCUT2D eigenvalue weighted by molar-refractivity contribution is 8.00. The van der Waals surface area contributed by atoms with Gasteiger partial charge in [0.05, 0.1) is 11.3 Å². The molecule has 2 atom stereocenters. The first kappa shape index (κ1) is 14.4. The summed E-state index contributed by atoms with van der Waals surface area (Å²) >= 11 is 1.76. The average Bonchev–Trinajstić information content (AvgIpc) is 3.18. The van der Waals surface area contributed by atoms with Crippen LogP contribution in [0.1, 0.15) is 42.3 Å². The fraction of sp³-hybridized carbons (Fsp3) is 0.692. The van der Waals surface area contributed by atoms with Gasteiger partial charge in [-0.05, 0) is 31.4 Å². The molecule has 2 amide bonds. The molecule has 2 aliphatic heterocycles. The van der Waals surface area contributed by atoms with Gasteiger partial charge in [0, 0.05) is 13.1 Å². The maximum atomic E-state index is 12.5. The number of amides is 2. The highest BCUT2D eigenvalue weighted by Gasteiger charge is 2.32. The molecule has 2 saturated heterocycles. The molecule has 0 saturated carbocycles. The zero-order valence-corrected chi connectivity index (χ0v) is 12.6. The molecule has 0 aliphatic carbocycles. The molecular formula is C13H19N5O2S. The molecule has 3 rings (SSSR count). The van der Waals surface area contributed by atoms with Crippen LogP contribution in [0.5, 0.6) is 0 Å². The van der Waals surface area contributed by atoms with E-state index in [1.807, 2.05) is 4.90 Å². The van der Waals surface area contributed by atoms with E-state index in [1.54, 1.807) is 16.4 Å². The van der Waals surface area contributed by atoms with Crippen molar-refractivity contribution < 1.29 is 9.59 Å². The van der Waals surface area contributed by atoms with Crippen LogP contribution in [0.3, 0.4) is 0 Å². The first-order chi connectivity index (χ1) is 10.1. The number of carbonyl (C=O) groups excluding carboxylic acids is 2. The zero-order valence-electron chi connectivity index (χ0n) is 11.8. The predicted octanol–water partition coefficient (Wildman–Crippen LogP) is 0.436. The molecule has 2 N–H and O–H groups in total. The molecule has 3 heterocycles. The largest absolute Gasteiger partial charge is 0.363 e. The van der Waals surface area contributed by atoms with E-state index in [2.05, 4.69) is 10.1 Å². The smallest absolute Gasteiger partial charge is 0.288 e. The number of carbonyl (C=O) groups is 2. The van der Waals surface area contributed by atoms with Crippen LogP contribution in [-0.4, -0.2) is 55.6 Å². The minimum absolute atomic E-state index is 0.0322. The molecule has 7 nitrogen and oxygen atoms in total. The number of rotatable bonds is 3. The summed E-state index contributed by atoms with van der Waals surface area (Å²) in [5.74, 6) is 0.737. The van der Waals surface area contributed by atoms with Crippen LogP contribution in [-0.2, 0) is 4.79 Å². The van der Waals surface area contributed by atoms with Crippen molar-refractivity contribution in [2.24, 2.45) is 5.73 Å². The van der Waals surface area contributed by atoms with Crippen LogP contribution in [0, 0.1) is 0 Å². The van der Waals surface area contributed by atoms with E-state index < -0.39 is 5.91 Å². The number of nitrogens with zero attached hydrogens (tertiary/aromatic N) is 4. The molecule has 114 valence electrons. The summed E-state index contributed by atoms with van der Waals surface area (Å²) in [4.78, 5) is 29.4. The number of thioether (sulfide) groups is 1. The van der Waals surface area contributed by atoms with Crippen molar-refractivity contribution in [3.63, 3.8) is 0 Å². The van der Waals surface area contributed by atoms with Crippen LogP contribution in [0.25, 0.3) is 0 Å². The van der Waals surface area contributed by atoms with E-state index in [9.17, 15) is 9.59 Å². The Kier molecular flexibility index (Phi) is 4.14. The van der Waals surface area contributed by atoms with Gasteiger partial charge in [0.2, 0.25) is 11.7 Å². The lowest BCUT2D eigenvalue weighted by Gasteiger charge is -2.34. The van der Waals surface area contributed by atoms with Crippen molar-refractivity contribution in [1.29, 1.82) is 0 Å². The Hall–Kier alpha value is -1.57.